The van der Waals surface area contributed by atoms with Crippen molar-refractivity contribution in [2.75, 3.05) is 14.2 Å². The molecule has 0 radical (unpaired) electrons. The number of aromatic nitrogens is 1. The molecule has 4 rings (SSSR count). The number of nitrogens with one attached hydrogen (secondary N) is 1. The third kappa shape index (κ3) is 4.59. The Morgan fingerprint density at radius 1 is 0.971 bits per heavy atom. The summed E-state index contributed by atoms with van der Waals surface area (Å²) in [5.74, 6) is -2.56. The Morgan fingerprint density at radius 2 is 1.71 bits per heavy atom. The van der Waals surface area contributed by atoms with Crippen LogP contribution >= 0.6 is 0 Å². The van der Waals surface area contributed by atoms with Crippen molar-refractivity contribution in [2.45, 2.75) is 12.3 Å². The van der Waals surface area contributed by atoms with Gasteiger partial charge in [0.05, 0.1) is 31.7 Å². The molecule has 0 aliphatic heterocycles. The van der Waals surface area contributed by atoms with E-state index in [0.717, 1.165) is 0 Å². The molecule has 0 fully saturated rings. The van der Waals surface area contributed by atoms with Crippen LogP contribution in [0.15, 0.2) is 71.5 Å². The van der Waals surface area contributed by atoms with Gasteiger partial charge < -0.3 is 24.7 Å². The van der Waals surface area contributed by atoms with Crippen molar-refractivity contribution in [3.63, 3.8) is 0 Å². The molecule has 0 bridgehead atoms. The van der Waals surface area contributed by atoms with Gasteiger partial charge in [0.15, 0.2) is 5.78 Å². The Bertz CT molecular complexity index is 1470. The fourth-order valence-electron chi connectivity index (χ4n) is 4.07. The molecule has 1 heterocycles. The van der Waals surface area contributed by atoms with Crippen LogP contribution in [0.1, 0.15) is 39.4 Å². The Labute approximate surface area is 200 Å². The monoisotopic (exact) mass is 473 g/mol. The Kier molecular flexibility index (Phi) is 6.55. The number of methoxy groups -OCH3 is 2. The van der Waals surface area contributed by atoms with Gasteiger partial charge in [0.2, 0.25) is 0 Å². The van der Waals surface area contributed by atoms with Crippen molar-refractivity contribution in [2.24, 2.45) is 0 Å². The van der Waals surface area contributed by atoms with Crippen molar-refractivity contribution < 1.29 is 29.3 Å². The molecule has 0 aliphatic rings. The molecule has 0 saturated heterocycles. The second-order valence-corrected chi connectivity index (χ2v) is 7.93. The van der Waals surface area contributed by atoms with Gasteiger partial charge in [0.25, 0.3) is 5.56 Å². The molecule has 0 amide bonds. The first-order valence-electron chi connectivity index (χ1n) is 10.8. The first-order valence-corrected chi connectivity index (χ1v) is 10.8. The van der Waals surface area contributed by atoms with Gasteiger partial charge in [-0.15, -0.1) is 0 Å². The molecule has 1 atom stereocenters. The fourth-order valence-corrected chi connectivity index (χ4v) is 4.07. The zero-order chi connectivity index (χ0) is 25.1. The van der Waals surface area contributed by atoms with E-state index in [-0.39, 0.29) is 28.9 Å². The highest BCUT2D eigenvalue weighted by Gasteiger charge is 2.30. The lowest BCUT2D eigenvalue weighted by atomic mass is 9.85. The maximum absolute atomic E-state index is 13.1. The second kappa shape index (κ2) is 9.72. The zero-order valence-corrected chi connectivity index (χ0v) is 19.1. The number of phenolic OH excluding ortho intramolecular Hbond substituents is 2. The van der Waals surface area contributed by atoms with Crippen LogP contribution in [0.2, 0.25) is 0 Å². The van der Waals surface area contributed by atoms with E-state index in [2.05, 4.69) is 4.98 Å². The first-order chi connectivity index (χ1) is 16.8. The zero-order valence-electron chi connectivity index (χ0n) is 19.1. The fraction of sp³-hybridized carbons (Fsp3) is 0.148. The molecule has 1 aromatic heterocycles. The van der Waals surface area contributed by atoms with Gasteiger partial charge in [-0.1, -0.05) is 30.3 Å². The van der Waals surface area contributed by atoms with Crippen LogP contribution in [0.5, 0.6) is 17.2 Å². The van der Waals surface area contributed by atoms with Crippen LogP contribution < -0.4 is 10.3 Å². The Hall–Kier alpha value is -4.59. The summed E-state index contributed by atoms with van der Waals surface area (Å²) in [6.07, 6.45) is -0.356. The van der Waals surface area contributed by atoms with E-state index in [4.69, 9.17) is 9.47 Å². The van der Waals surface area contributed by atoms with Crippen LogP contribution in [0.3, 0.4) is 0 Å². The summed E-state index contributed by atoms with van der Waals surface area (Å²) in [5.41, 5.74) is 0.246. The maximum atomic E-state index is 13.1. The normalized spacial score (nSPS) is 11.7. The number of ketones is 1. The Balaban J connectivity index is 1.91. The van der Waals surface area contributed by atoms with Gasteiger partial charge in [0.1, 0.15) is 17.2 Å². The van der Waals surface area contributed by atoms with Gasteiger partial charge >= 0.3 is 5.97 Å². The molecule has 35 heavy (non-hydrogen) atoms. The number of aromatic amines is 1. The minimum Gasteiger partial charge on any atom is -0.508 e. The average molecular weight is 473 g/mol. The van der Waals surface area contributed by atoms with E-state index in [0.29, 0.717) is 22.2 Å². The lowest BCUT2D eigenvalue weighted by Gasteiger charge is -2.20. The average Bonchev–Trinajstić information content (AvgIpc) is 2.87. The van der Waals surface area contributed by atoms with Gasteiger partial charge in [-0.2, -0.15) is 0 Å². The predicted molar refractivity (Wildman–Crippen MR) is 129 cm³/mol. The largest absolute Gasteiger partial charge is 0.508 e. The molecule has 0 saturated carbocycles. The number of carbonyl (C=O) groups excluding carboxylic acids is 2. The quantitative estimate of drug-likeness (QED) is 0.275. The van der Waals surface area contributed by atoms with Crippen LogP contribution in [0.4, 0.5) is 0 Å². The van der Waals surface area contributed by atoms with Gasteiger partial charge in [0, 0.05) is 28.7 Å². The van der Waals surface area contributed by atoms with Gasteiger partial charge in [-0.05, 0) is 35.7 Å². The number of phenols is 2. The van der Waals surface area contributed by atoms with E-state index in [9.17, 15) is 24.6 Å². The molecule has 0 spiro atoms. The van der Waals surface area contributed by atoms with Gasteiger partial charge in [-0.25, -0.2) is 0 Å². The molecule has 8 heteroatoms. The number of esters is 1. The number of benzene rings is 3. The molecule has 3 N–H and O–H groups in total. The number of ether oxygens (including phenoxy) is 2. The van der Waals surface area contributed by atoms with E-state index >= 15 is 0 Å². The standard InChI is InChI=1S/C27H23NO7/c1-34-17-9-8-16-12-20(27(33)28-21(16)13-17)19(14-23(30)35-2)24-22(29)11-10-18(26(24)32)25(31)15-6-4-3-5-7-15/h3-13,19,29,32H,14H2,1-2H3,(H,28,33)/t19-/m0/s1. The summed E-state index contributed by atoms with van der Waals surface area (Å²) in [4.78, 5) is 41.2. The molecule has 0 unspecified atom stereocenters. The first kappa shape index (κ1) is 23.6. The van der Waals surface area contributed by atoms with Crippen LogP contribution in [-0.4, -0.2) is 41.2 Å². The van der Waals surface area contributed by atoms with Crippen LogP contribution in [0.25, 0.3) is 10.9 Å². The molecular weight excluding hydrogens is 450 g/mol. The third-order valence-electron chi connectivity index (χ3n) is 5.88. The van der Waals surface area contributed by atoms with Crippen LogP contribution in [0, 0.1) is 0 Å². The minimum absolute atomic E-state index is 0.0687. The lowest BCUT2D eigenvalue weighted by molar-refractivity contribution is -0.140. The summed E-state index contributed by atoms with van der Waals surface area (Å²) in [6.45, 7) is 0. The summed E-state index contributed by atoms with van der Waals surface area (Å²) >= 11 is 0. The molecule has 4 aromatic rings. The van der Waals surface area contributed by atoms with Gasteiger partial charge in [-0.3, -0.25) is 14.4 Å². The van der Waals surface area contributed by atoms with E-state index < -0.39 is 29.0 Å². The molecule has 0 aliphatic carbocycles. The van der Waals surface area contributed by atoms with Crippen molar-refractivity contribution >= 4 is 22.7 Å². The summed E-state index contributed by atoms with van der Waals surface area (Å²) < 4.78 is 10.0. The number of hydrogen-bond acceptors (Lipinski definition) is 7. The number of H-pyrrole nitrogens is 1. The summed E-state index contributed by atoms with van der Waals surface area (Å²) in [5, 5.41) is 22.5. The number of carbonyl (C=O) groups is 2. The highest BCUT2D eigenvalue weighted by Crippen LogP contribution is 2.42. The predicted octanol–water partition coefficient (Wildman–Crippen LogP) is 3.87. The molecule has 3 aromatic carbocycles. The summed E-state index contributed by atoms with van der Waals surface area (Å²) in [7, 11) is 2.71. The minimum atomic E-state index is -1.10. The Morgan fingerprint density at radius 3 is 2.40 bits per heavy atom. The third-order valence-corrected chi connectivity index (χ3v) is 5.88. The SMILES string of the molecule is COC(=O)C[C@H](c1c(O)ccc(C(=O)c2ccccc2)c1O)c1cc2ccc(OC)cc2[nH]c1=O. The lowest BCUT2D eigenvalue weighted by Crippen LogP contribution is -2.20. The highest BCUT2D eigenvalue weighted by molar-refractivity contribution is 6.11. The highest BCUT2D eigenvalue weighted by atomic mass is 16.5. The van der Waals surface area contributed by atoms with E-state index in [1.807, 2.05) is 0 Å². The molecule has 8 nitrogen and oxygen atoms in total. The molecule has 178 valence electrons. The van der Waals surface area contributed by atoms with E-state index in [1.54, 1.807) is 54.6 Å². The summed E-state index contributed by atoms with van der Waals surface area (Å²) in [6, 6.07) is 17.6. The van der Waals surface area contributed by atoms with Crippen molar-refractivity contribution in [1.29, 1.82) is 0 Å². The number of pyridine rings is 1. The maximum Gasteiger partial charge on any atom is 0.306 e. The second-order valence-electron chi connectivity index (χ2n) is 7.93. The van der Waals surface area contributed by atoms with Crippen molar-refractivity contribution in [3.8, 4) is 17.2 Å². The number of aromatic hydroxyl groups is 2. The molecular formula is C27H23NO7. The van der Waals surface area contributed by atoms with Crippen molar-refractivity contribution in [1.82, 2.24) is 4.98 Å². The number of hydrogen-bond donors (Lipinski definition) is 3. The van der Waals surface area contributed by atoms with Crippen LogP contribution in [-0.2, 0) is 9.53 Å². The van der Waals surface area contributed by atoms with E-state index in [1.165, 1.54) is 26.4 Å². The number of fused-ring (bicyclic) bond motifs is 1. The smallest absolute Gasteiger partial charge is 0.306 e. The van der Waals surface area contributed by atoms with Crippen molar-refractivity contribution in [3.05, 3.63) is 99.3 Å². The topological polar surface area (TPSA) is 126 Å². The number of rotatable bonds is 7.